The van der Waals surface area contributed by atoms with Crippen LogP contribution in [0.3, 0.4) is 0 Å². The lowest BCUT2D eigenvalue weighted by Crippen LogP contribution is -2.49. The van der Waals surface area contributed by atoms with Crippen molar-refractivity contribution in [1.29, 1.82) is 0 Å². The van der Waals surface area contributed by atoms with Crippen LogP contribution in [-0.4, -0.2) is 38.1 Å². The van der Waals surface area contributed by atoms with Gasteiger partial charge in [-0.1, -0.05) is 42.5 Å². The van der Waals surface area contributed by atoms with Crippen molar-refractivity contribution in [2.75, 3.05) is 38.1 Å². The zero-order valence-corrected chi connectivity index (χ0v) is 18.5. The molecule has 2 heteroatoms. The van der Waals surface area contributed by atoms with E-state index in [1.807, 2.05) is 0 Å². The number of rotatable bonds is 4. The Morgan fingerprint density at radius 3 is 1.80 bits per heavy atom. The minimum atomic E-state index is 0.492. The van der Waals surface area contributed by atoms with Crippen LogP contribution in [-0.2, 0) is 0 Å². The molecule has 158 valence electrons. The van der Waals surface area contributed by atoms with Crippen molar-refractivity contribution in [2.45, 2.75) is 44.4 Å². The summed E-state index contributed by atoms with van der Waals surface area (Å²) in [5.74, 6) is 3.54. The molecule has 2 nitrogen and oxygen atoms in total. The number of hydrogen-bond donors (Lipinski definition) is 0. The van der Waals surface area contributed by atoms with Crippen LogP contribution < -0.4 is 4.90 Å². The number of piperazine rings is 1. The molecule has 1 heterocycles. The standard InChI is InChI=1S/C28H36N2/c1-29-11-13-30(14-12-29)26-9-7-25(8-10-26)27(24-5-3-2-4-6-24)28-18-21-15-22(19-28)17-23(16-21)20-28/h2-10,21-23,27H,11-20H2,1H3. The molecule has 0 amide bonds. The third-order valence-corrected chi connectivity index (χ3v) is 8.93. The van der Waals surface area contributed by atoms with E-state index in [9.17, 15) is 0 Å². The minimum absolute atomic E-state index is 0.492. The Balaban J connectivity index is 1.35. The number of likely N-dealkylation sites (N-methyl/N-ethyl adjacent to an activating group) is 1. The lowest BCUT2D eigenvalue weighted by atomic mass is 9.45. The Kier molecular flexibility index (Phi) is 4.67. The second-order valence-electron chi connectivity index (χ2n) is 11.0. The van der Waals surface area contributed by atoms with E-state index in [1.165, 1.54) is 57.3 Å². The molecule has 5 fully saturated rings. The molecular formula is C28H36N2. The Hall–Kier alpha value is -1.80. The predicted octanol–water partition coefficient (Wildman–Crippen LogP) is 5.79. The summed E-state index contributed by atoms with van der Waals surface area (Å²) in [6.45, 7) is 4.63. The van der Waals surface area contributed by atoms with Gasteiger partial charge >= 0.3 is 0 Å². The van der Waals surface area contributed by atoms with Crippen molar-refractivity contribution in [3.8, 4) is 0 Å². The summed E-state index contributed by atoms with van der Waals surface area (Å²) in [5, 5.41) is 0. The second-order valence-corrected chi connectivity index (χ2v) is 11.0. The van der Waals surface area contributed by atoms with Crippen molar-refractivity contribution in [2.24, 2.45) is 23.2 Å². The quantitative estimate of drug-likeness (QED) is 0.641. The minimum Gasteiger partial charge on any atom is -0.369 e. The van der Waals surface area contributed by atoms with Gasteiger partial charge in [-0.15, -0.1) is 0 Å². The Labute approximate surface area is 182 Å². The molecule has 0 aromatic heterocycles. The van der Waals surface area contributed by atoms with Crippen molar-refractivity contribution in [3.63, 3.8) is 0 Å². The van der Waals surface area contributed by atoms with Crippen LogP contribution in [0.25, 0.3) is 0 Å². The molecule has 30 heavy (non-hydrogen) atoms. The van der Waals surface area contributed by atoms with Crippen LogP contribution in [0.1, 0.15) is 55.6 Å². The zero-order valence-electron chi connectivity index (χ0n) is 18.5. The third kappa shape index (κ3) is 3.28. The fraction of sp³-hybridized carbons (Fsp3) is 0.571. The molecular weight excluding hydrogens is 364 g/mol. The largest absolute Gasteiger partial charge is 0.369 e. The van der Waals surface area contributed by atoms with Gasteiger partial charge in [-0.05, 0) is 92.0 Å². The summed E-state index contributed by atoms with van der Waals surface area (Å²) in [7, 11) is 2.23. The Morgan fingerprint density at radius 2 is 1.23 bits per heavy atom. The average Bonchev–Trinajstić information content (AvgIpc) is 2.75. The van der Waals surface area contributed by atoms with Gasteiger partial charge in [0.25, 0.3) is 0 Å². The molecule has 0 spiro atoms. The van der Waals surface area contributed by atoms with Gasteiger partial charge in [0.05, 0.1) is 0 Å². The van der Waals surface area contributed by atoms with E-state index >= 15 is 0 Å². The smallest absolute Gasteiger partial charge is 0.0367 e. The van der Waals surface area contributed by atoms with Gasteiger partial charge in [0.1, 0.15) is 0 Å². The van der Waals surface area contributed by atoms with Crippen molar-refractivity contribution < 1.29 is 0 Å². The van der Waals surface area contributed by atoms with Crippen molar-refractivity contribution >= 4 is 5.69 Å². The molecule has 1 atom stereocenters. The summed E-state index contributed by atoms with van der Waals surface area (Å²) in [6.07, 6.45) is 8.92. The Morgan fingerprint density at radius 1 is 0.700 bits per heavy atom. The lowest BCUT2D eigenvalue weighted by Gasteiger charge is -2.60. The molecule has 0 N–H and O–H groups in total. The first kappa shape index (κ1) is 18.9. The van der Waals surface area contributed by atoms with Gasteiger partial charge in [-0.2, -0.15) is 0 Å². The van der Waals surface area contributed by atoms with Gasteiger partial charge in [0.15, 0.2) is 0 Å². The normalized spacial score (nSPS) is 34.3. The number of anilines is 1. The highest BCUT2D eigenvalue weighted by atomic mass is 15.2. The molecule has 2 aromatic carbocycles. The third-order valence-electron chi connectivity index (χ3n) is 8.93. The summed E-state index contributed by atoms with van der Waals surface area (Å²) in [4.78, 5) is 5.00. The van der Waals surface area contributed by atoms with Gasteiger partial charge in [-0.3, -0.25) is 0 Å². The molecule has 4 bridgehead atoms. The number of benzene rings is 2. The SMILES string of the molecule is CN1CCN(c2ccc(C(c3ccccc3)C34CC5CC(CC(C5)C3)C4)cc2)CC1. The molecule has 2 aromatic rings. The van der Waals surface area contributed by atoms with E-state index in [-0.39, 0.29) is 0 Å². The number of nitrogens with zero attached hydrogens (tertiary/aromatic N) is 2. The fourth-order valence-corrected chi connectivity index (χ4v) is 8.02. The summed E-state index contributed by atoms with van der Waals surface area (Å²) in [5.41, 5.74) is 5.00. The van der Waals surface area contributed by atoms with Gasteiger partial charge in [-0.25, -0.2) is 0 Å². The molecule has 0 radical (unpaired) electrons. The van der Waals surface area contributed by atoms with Crippen LogP contribution in [0.15, 0.2) is 54.6 Å². The highest BCUT2D eigenvalue weighted by Gasteiger charge is 2.54. The highest BCUT2D eigenvalue weighted by Crippen LogP contribution is 2.65. The van der Waals surface area contributed by atoms with Gasteiger partial charge in [0, 0.05) is 37.8 Å². The zero-order chi connectivity index (χ0) is 20.1. The number of hydrogen-bond acceptors (Lipinski definition) is 2. The van der Waals surface area contributed by atoms with Crippen LogP contribution in [0, 0.1) is 23.2 Å². The maximum Gasteiger partial charge on any atom is 0.0367 e. The summed E-state index contributed by atoms with van der Waals surface area (Å²) >= 11 is 0. The van der Waals surface area contributed by atoms with Gasteiger partial charge < -0.3 is 9.80 Å². The van der Waals surface area contributed by atoms with Crippen LogP contribution in [0.4, 0.5) is 5.69 Å². The monoisotopic (exact) mass is 400 g/mol. The molecule has 1 unspecified atom stereocenters. The van der Waals surface area contributed by atoms with E-state index in [4.69, 9.17) is 0 Å². The van der Waals surface area contributed by atoms with Crippen molar-refractivity contribution in [1.82, 2.24) is 4.90 Å². The topological polar surface area (TPSA) is 6.48 Å². The molecule has 4 saturated carbocycles. The van der Waals surface area contributed by atoms with Crippen LogP contribution in [0.5, 0.6) is 0 Å². The van der Waals surface area contributed by atoms with E-state index in [1.54, 1.807) is 11.1 Å². The predicted molar refractivity (Wildman–Crippen MR) is 125 cm³/mol. The van der Waals surface area contributed by atoms with E-state index in [0.29, 0.717) is 11.3 Å². The molecule has 7 rings (SSSR count). The average molecular weight is 401 g/mol. The first-order valence-corrected chi connectivity index (χ1v) is 12.3. The highest BCUT2D eigenvalue weighted by molar-refractivity contribution is 5.50. The van der Waals surface area contributed by atoms with E-state index < -0.39 is 0 Å². The first-order valence-electron chi connectivity index (χ1n) is 12.3. The maximum absolute atomic E-state index is 2.56. The molecule has 5 aliphatic rings. The Bertz CT molecular complexity index is 828. The van der Waals surface area contributed by atoms with Crippen LogP contribution in [0.2, 0.25) is 0 Å². The fourth-order valence-electron chi connectivity index (χ4n) is 8.02. The summed E-state index contributed by atoms with van der Waals surface area (Å²) in [6, 6.07) is 21.3. The second kappa shape index (κ2) is 7.41. The van der Waals surface area contributed by atoms with E-state index in [0.717, 1.165) is 30.8 Å². The van der Waals surface area contributed by atoms with Gasteiger partial charge in [0.2, 0.25) is 0 Å². The molecule has 4 aliphatic carbocycles. The maximum atomic E-state index is 2.56. The first-order chi connectivity index (χ1) is 14.7. The van der Waals surface area contributed by atoms with E-state index in [2.05, 4.69) is 71.4 Å². The van der Waals surface area contributed by atoms with Crippen molar-refractivity contribution in [3.05, 3.63) is 65.7 Å². The lowest BCUT2D eigenvalue weighted by molar-refractivity contribution is -0.0618. The van der Waals surface area contributed by atoms with Crippen LogP contribution >= 0.6 is 0 Å². The molecule has 1 saturated heterocycles. The molecule has 1 aliphatic heterocycles. The summed E-state index contributed by atoms with van der Waals surface area (Å²) < 4.78 is 0.